The Morgan fingerprint density at radius 2 is 2.06 bits per heavy atom. The number of rotatable bonds is 3. The number of nitrogens with zero attached hydrogens (tertiary/aromatic N) is 3. The molecule has 3 nitrogen and oxygen atoms in total. The molecule has 0 radical (unpaired) electrons. The van der Waals surface area contributed by atoms with Gasteiger partial charge in [-0.1, -0.05) is 12.1 Å². The van der Waals surface area contributed by atoms with Crippen LogP contribution in [0.2, 0.25) is 0 Å². The monoisotopic (exact) mass is 245 g/mol. The third-order valence-corrected chi connectivity index (χ3v) is 3.20. The van der Waals surface area contributed by atoms with Crippen LogP contribution in [0.3, 0.4) is 0 Å². The summed E-state index contributed by atoms with van der Waals surface area (Å²) < 4.78 is 14.0. The van der Waals surface area contributed by atoms with E-state index >= 15 is 0 Å². The average Bonchev–Trinajstić information content (AvgIpc) is 2.41. The molecular weight excluding hydrogens is 229 g/mol. The summed E-state index contributed by atoms with van der Waals surface area (Å²) in [5.41, 5.74) is 0.647. The number of nitriles is 1. The number of benzene rings is 1. The lowest BCUT2D eigenvalue weighted by Gasteiger charge is -2.35. The predicted octanol–water partition coefficient (Wildman–Crippen LogP) is 2.01. The Kier molecular flexibility index (Phi) is 3.96. The van der Waals surface area contributed by atoms with Crippen LogP contribution in [0.15, 0.2) is 30.9 Å². The van der Waals surface area contributed by atoms with Crippen molar-refractivity contribution in [2.45, 2.75) is 0 Å². The number of piperazine rings is 1. The molecule has 1 aromatic rings. The average molecular weight is 245 g/mol. The SMILES string of the molecule is C=CCN1CCN(c2cccc(C#N)c2F)CC1. The molecule has 1 aliphatic rings. The zero-order valence-corrected chi connectivity index (χ0v) is 10.3. The first kappa shape index (κ1) is 12.6. The zero-order chi connectivity index (χ0) is 13.0. The summed E-state index contributed by atoms with van der Waals surface area (Å²) in [7, 11) is 0. The van der Waals surface area contributed by atoms with E-state index in [2.05, 4.69) is 11.5 Å². The summed E-state index contributed by atoms with van der Waals surface area (Å²) in [6, 6.07) is 6.85. The summed E-state index contributed by atoms with van der Waals surface area (Å²) in [5.74, 6) is -0.405. The third kappa shape index (κ3) is 2.52. The van der Waals surface area contributed by atoms with Gasteiger partial charge in [-0.15, -0.1) is 6.58 Å². The molecule has 0 atom stereocenters. The van der Waals surface area contributed by atoms with E-state index in [-0.39, 0.29) is 5.56 Å². The molecule has 0 unspecified atom stereocenters. The lowest BCUT2D eigenvalue weighted by Crippen LogP contribution is -2.46. The summed E-state index contributed by atoms with van der Waals surface area (Å²) in [5, 5.41) is 8.83. The first-order chi connectivity index (χ1) is 8.76. The molecule has 18 heavy (non-hydrogen) atoms. The van der Waals surface area contributed by atoms with Gasteiger partial charge in [-0.05, 0) is 12.1 Å². The van der Waals surface area contributed by atoms with Crippen LogP contribution in [-0.2, 0) is 0 Å². The highest BCUT2D eigenvalue weighted by Crippen LogP contribution is 2.23. The van der Waals surface area contributed by atoms with Gasteiger partial charge < -0.3 is 4.90 Å². The second kappa shape index (κ2) is 5.65. The molecule has 0 aromatic heterocycles. The van der Waals surface area contributed by atoms with E-state index in [9.17, 15) is 4.39 Å². The van der Waals surface area contributed by atoms with Gasteiger partial charge in [0.05, 0.1) is 11.3 Å². The Hall–Kier alpha value is -1.86. The molecule has 1 heterocycles. The van der Waals surface area contributed by atoms with Gasteiger partial charge >= 0.3 is 0 Å². The van der Waals surface area contributed by atoms with Crippen molar-refractivity contribution < 1.29 is 4.39 Å². The van der Waals surface area contributed by atoms with Crippen LogP contribution in [-0.4, -0.2) is 37.6 Å². The van der Waals surface area contributed by atoms with Gasteiger partial charge in [0.15, 0.2) is 5.82 Å². The number of hydrogen-bond acceptors (Lipinski definition) is 3. The van der Waals surface area contributed by atoms with Gasteiger partial charge in [-0.25, -0.2) is 4.39 Å². The summed E-state index contributed by atoms with van der Waals surface area (Å²) in [4.78, 5) is 4.27. The predicted molar refractivity (Wildman–Crippen MR) is 70.0 cm³/mol. The fourth-order valence-corrected chi connectivity index (χ4v) is 2.20. The summed E-state index contributed by atoms with van der Waals surface area (Å²) >= 11 is 0. The van der Waals surface area contributed by atoms with Crippen LogP contribution in [0.5, 0.6) is 0 Å². The highest BCUT2D eigenvalue weighted by Gasteiger charge is 2.19. The van der Waals surface area contributed by atoms with Crippen LogP contribution >= 0.6 is 0 Å². The van der Waals surface area contributed by atoms with Crippen molar-refractivity contribution in [3.8, 4) is 6.07 Å². The Balaban J connectivity index is 2.10. The smallest absolute Gasteiger partial charge is 0.164 e. The van der Waals surface area contributed by atoms with Gasteiger partial charge in [0.25, 0.3) is 0 Å². The maximum absolute atomic E-state index is 14.0. The van der Waals surface area contributed by atoms with Crippen molar-refractivity contribution in [3.63, 3.8) is 0 Å². The summed E-state index contributed by atoms with van der Waals surface area (Å²) in [6.45, 7) is 7.92. The minimum Gasteiger partial charge on any atom is -0.367 e. The van der Waals surface area contributed by atoms with E-state index in [0.717, 1.165) is 32.7 Å². The molecule has 1 saturated heterocycles. The van der Waals surface area contributed by atoms with E-state index in [1.165, 1.54) is 6.07 Å². The van der Waals surface area contributed by atoms with Crippen molar-refractivity contribution in [1.82, 2.24) is 4.90 Å². The molecule has 94 valence electrons. The Morgan fingerprint density at radius 1 is 1.33 bits per heavy atom. The maximum atomic E-state index is 14.0. The van der Waals surface area contributed by atoms with Gasteiger partial charge in [0.2, 0.25) is 0 Å². The van der Waals surface area contributed by atoms with E-state index < -0.39 is 5.82 Å². The van der Waals surface area contributed by atoms with Crippen molar-refractivity contribution in [3.05, 3.63) is 42.2 Å². The van der Waals surface area contributed by atoms with E-state index in [1.807, 2.05) is 17.0 Å². The minimum absolute atomic E-state index is 0.112. The zero-order valence-electron chi connectivity index (χ0n) is 10.3. The largest absolute Gasteiger partial charge is 0.367 e. The Labute approximate surface area is 107 Å². The Morgan fingerprint density at radius 3 is 2.67 bits per heavy atom. The van der Waals surface area contributed by atoms with Crippen LogP contribution in [0.1, 0.15) is 5.56 Å². The molecule has 0 N–H and O–H groups in total. The molecule has 4 heteroatoms. The molecular formula is C14H16FN3. The maximum Gasteiger partial charge on any atom is 0.164 e. The topological polar surface area (TPSA) is 30.3 Å². The molecule has 2 rings (SSSR count). The van der Waals surface area contributed by atoms with E-state index in [0.29, 0.717) is 5.69 Å². The highest BCUT2D eigenvalue weighted by atomic mass is 19.1. The fourth-order valence-electron chi connectivity index (χ4n) is 2.20. The molecule has 1 fully saturated rings. The van der Waals surface area contributed by atoms with Gasteiger partial charge in [-0.2, -0.15) is 5.26 Å². The molecule has 0 spiro atoms. The van der Waals surface area contributed by atoms with Crippen molar-refractivity contribution in [1.29, 1.82) is 5.26 Å². The second-order valence-electron chi connectivity index (χ2n) is 4.33. The standard InChI is InChI=1S/C14H16FN3/c1-2-6-17-7-9-18(10-8-17)13-5-3-4-12(11-16)14(13)15/h2-5H,1,6-10H2. The van der Waals surface area contributed by atoms with Crippen LogP contribution in [0.25, 0.3) is 0 Å². The minimum atomic E-state index is -0.405. The molecule has 0 saturated carbocycles. The van der Waals surface area contributed by atoms with Crippen LogP contribution < -0.4 is 4.90 Å². The number of halogens is 1. The quantitative estimate of drug-likeness (QED) is 0.763. The van der Waals surface area contributed by atoms with Gasteiger partial charge in [-0.3, -0.25) is 4.90 Å². The highest BCUT2D eigenvalue weighted by molar-refractivity contribution is 5.53. The van der Waals surface area contributed by atoms with Gasteiger partial charge in [0.1, 0.15) is 6.07 Å². The van der Waals surface area contributed by atoms with Crippen LogP contribution in [0.4, 0.5) is 10.1 Å². The molecule has 0 amide bonds. The molecule has 0 bridgehead atoms. The van der Waals surface area contributed by atoms with E-state index in [1.54, 1.807) is 12.1 Å². The summed E-state index contributed by atoms with van der Waals surface area (Å²) in [6.07, 6.45) is 1.88. The fraction of sp³-hybridized carbons (Fsp3) is 0.357. The normalized spacial score (nSPS) is 16.3. The Bertz CT molecular complexity index is 470. The number of anilines is 1. The lowest BCUT2D eigenvalue weighted by atomic mass is 10.1. The molecule has 0 aliphatic carbocycles. The van der Waals surface area contributed by atoms with E-state index in [4.69, 9.17) is 5.26 Å². The van der Waals surface area contributed by atoms with Gasteiger partial charge in [0, 0.05) is 32.7 Å². The molecule has 1 aliphatic heterocycles. The third-order valence-electron chi connectivity index (χ3n) is 3.20. The second-order valence-corrected chi connectivity index (χ2v) is 4.33. The van der Waals surface area contributed by atoms with Crippen molar-refractivity contribution in [2.24, 2.45) is 0 Å². The van der Waals surface area contributed by atoms with Crippen molar-refractivity contribution in [2.75, 3.05) is 37.6 Å². The lowest BCUT2D eigenvalue weighted by molar-refractivity contribution is 0.283. The number of hydrogen-bond donors (Lipinski definition) is 0. The first-order valence-electron chi connectivity index (χ1n) is 6.03. The first-order valence-corrected chi connectivity index (χ1v) is 6.03. The molecule has 1 aromatic carbocycles. The van der Waals surface area contributed by atoms with Crippen molar-refractivity contribution >= 4 is 5.69 Å². The van der Waals surface area contributed by atoms with Crippen LogP contribution in [0, 0.1) is 17.1 Å².